The van der Waals surface area contributed by atoms with Gasteiger partial charge in [-0.3, -0.25) is 0 Å². The lowest BCUT2D eigenvalue weighted by Gasteiger charge is -2.18. The molecule has 0 bridgehead atoms. The lowest BCUT2D eigenvalue weighted by Crippen LogP contribution is -2.36. The van der Waals surface area contributed by atoms with Crippen molar-refractivity contribution in [3.05, 3.63) is 0 Å². The van der Waals surface area contributed by atoms with Gasteiger partial charge in [0.25, 0.3) is 0 Å². The van der Waals surface area contributed by atoms with Crippen molar-refractivity contribution < 1.29 is 8.42 Å². The van der Waals surface area contributed by atoms with E-state index in [4.69, 9.17) is 0 Å². The van der Waals surface area contributed by atoms with E-state index in [0.717, 1.165) is 19.5 Å². The Balaban J connectivity index is 3.96. The number of hydrogen-bond donors (Lipinski definition) is 1. The molecule has 5 heteroatoms. The maximum Gasteiger partial charge on any atom is 0.211 e. The van der Waals surface area contributed by atoms with Gasteiger partial charge < -0.3 is 5.32 Å². The molecule has 1 N–H and O–H groups in total. The second kappa shape index (κ2) is 6.34. The van der Waals surface area contributed by atoms with E-state index in [9.17, 15) is 8.42 Å². The van der Waals surface area contributed by atoms with Gasteiger partial charge in [0.05, 0.1) is 6.26 Å². The number of hydrogen-bond acceptors (Lipinski definition) is 3. The van der Waals surface area contributed by atoms with Gasteiger partial charge in [-0.1, -0.05) is 13.8 Å². The third-order valence-corrected chi connectivity index (χ3v) is 3.03. The summed E-state index contributed by atoms with van der Waals surface area (Å²) in [6.07, 6.45) is 2.12. The van der Waals surface area contributed by atoms with Crippen molar-refractivity contribution in [3.63, 3.8) is 0 Å². The molecule has 0 aliphatic rings. The monoisotopic (exact) mass is 208 g/mol. The van der Waals surface area contributed by atoms with E-state index < -0.39 is 10.0 Å². The van der Waals surface area contributed by atoms with E-state index in [1.165, 1.54) is 10.6 Å². The topological polar surface area (TPSA) is 49.4 Å². The molecule has 0 fully saturated rings. The largest absolute Gasteiger partial charge is 0.316 e. The minimum atomic E-state index is -3.01. The smallest absolute Gasteiger partial charge is 0.211 e. The Morgan fingerprint density at radius 3 is 2.23 bits per heavy atom. The van der Waals surface area contributed by atoms with Gasteiger partial charge >= 0.3 is 0 Å². The average Bonchev–Trinajstić information content (AvgIpc) is 2.01. The molecule has 80 valence electrons. The van der Waals surface area contributed by atoms with Crippen LogP contribution in [0.1, 0.15) is 20.3 Å². The Morgan fingerprint density at radius 1 is 1.23 bits per heavy atom. The molecule has 0 aromatic carbocycles. The van der Waals surface area contributed by atoms with E-state index >= 15 is 0 Å². The van der Waals surface area contributed by atoms with E-state index in [1.54, 1.807) is 0 Å². The summed E-state index contributed by atoms with van der Waals surface area (Å²) < 4.78 is 23.9. The zero-order chi connectivity index (χ0) is 10.3. The number of rotatable bonds is 7. The molecule has 4 nitrogen and oxygen atoms in total. The van der Waals surface area contributed by atoms with E-state index in [-0.39, 0.29) is 0 Å². The number of nitrogens with zero attached hydrogens (tertiary/aromatic N) is 1. The first-order valence-corrected chi connectivity index (χ1v) is 6.53. The van der Waals surface area contributed by atoms with E-state index in [0.29, 0.717) is 13.1 Å². The SMILES string of the molecule is CCCN(CCNCC)S(C)(=O)=O. The Bertz CT molecular complexity index is 214. The van der Waals surface area contributed by atoms with Crippen molar-refractivity contribution in [2.75, 3.05) is 32.4 Å². The van der Waals surface area contributed by atoms with Crippen LogP contribution in [0, 0.1) is 0 Å². The van der Waals surface area contributed by atoms with Gasteiger partial charge in [0.1, 0.15) is 0 Å². The second-order valence-electron chi connectivity index (χ2n) is 3.02. The molecular formula is C8H20N2O2S. The molecule has 0 radical (unpaired) electrons. The predicted molar refractivity (Wildman–Crippen MR) is 55.3 cm³/mol. The van der Waals surface area contributed by atoms with Crippen molar-refractivity contribution in [2.24, 2.45) is 0 Å². The van der Waals surface area contributed by atoms with Crippen molar-refractivity contribution in [3.8, 4) is 0 Å². The van der Waals surface area contributed by atoms with E-state index in [2.05, 4.69) is 5.32 Å². The van der Waals surface area contributed by atoms with Gasteiger partial charge in [-0.15, -0.1) is 0 Å². The summed E-state index contributed by atoms with van der Waals surface area (Å²) in [5.74, 6) is 0. The van der Waals surface area contributed by atoms with Crippen LogP contribution in [0.4, 0.5) is 0 Å². The van der Waals surface area contributed by atoms with E-state index in [1.807, 2.05) is 13.8 Å². The lowest BCUT2D eigenvalue weighted by atomic mass is 10.4. The minimum absolute atomic E-state index is 0.570. The summed E-state index contributed by atoms with van der Waals surface area (Å²) in [6, 6.07) is 0. The number of likely N-dealkylation sites (N-methyl/N-ethyl adjacent to an activating group) is 1. The molecular weight excluding hydrogens is 188 g/mol. The molecule has 0 spiro atoms. The summed E-state index contributed by atoms with van der Waals surface area (Å²) in [5, 5.41) is 3.10. The van der Waals surface area contributed by atoms with Gasteiger partial charge in [0.2, 0.25) is 10.0 Å². The minimum Gasteiger partial charge on any atom is -0.316 e. The molecule has 0 aromatic heterocycles. The third-order valence-electron chi connectivity index (χ3n) is 1.73. The summed E-state index contributed by atoms with van der Waals surface area (Å²) >= 11 is 0. The summed E-state index contributed by atoms with van der Waals surface area (Å²) in [5.41, 5.74) is 0. The molecule has 0 amide bonds. The standard InChI is InChI=1S/C8H20N2O2S/c1-4-7-10(13(3,11)12)8-6-9-5-2/h9H,4-8H2,1-3H3. The number of nitrogens with one attached hydrogen (secondary N) is 1. The molecule has 0 saturated heterocycles. The van der Waals surface area contributed by atoms with Crippen LogP contribution in [-0.2, 0) is 10.0 Å². The highest BCUT2D eigenvalue weighted by molar-refractivity contribution is 7.88. The summed E-state index contributed by atoms with van der Waals surface area (Å²) in [4.78, 5) is 0. The van der Waals surface area contributed by atoms with Crippen LogP contribution >= 0.6 is 0 Å². The fraction of sp³-hybridized carbons (Fsp3) is 1.00. The van der Waals surface area contributed by atoms with Crippen LogP contribution in [0.3, 0.4) is 0 Å². The molecule has 0 atom stereocenters. The Morgan fingerprint density at radius 2 is 1.85 bits per heavy atom. The fourth-order valence-corrected chi connectivity index (χ4v) is 2.01. The third kappa shape index (κ3) is 6.01. The molecule has 0 heterocycles. The first-order valence-electron chi connectivity index (χ1n) is 4.68. The highest BCUT2D eigenvalue weighted by Gasteiger charge is 2.13. The van der Waals surface area contributed by atoms with Crippen LogP contribution in [-0.4, -0.2) is 45.2 Å². The van der Waals surface area contributed by atoms with Gasteiger partial charge in [0, 0.05) is 19.6 Å². The Kier molecular flexibility index (Phi) is 6.28. The first-order chi connectivity index (χ1) is 6.02. The van der Waals surface area contributed by atoms with Crippen LogP contribution in [0.25, 0.3) is 0 Å². The van der Waals surface area contributed by atoms with Gasteiger partial charge in [-0.05, 0) is 13.0 Å². The average molecular weight is 208 g/mol. The number of sulfonamides is 1. The molecule has 0 aromatic rings. The van der Waals surface area contributed by atoms with Crippen LogP contribution in [0.15, 0.2) is 0 Å². The van der Waals surface area contributed by atoms with Gasteiger partial charge in [-0.2, -0.15) is 0 Å². The van der Waals surface area contributed by atoms with Crippen LogP contribution in [0.2, 0.25) is 0 Å². The second-order valence-corrected chi connectivity index (χ2v) is 5.00. The molecule has 0 aliphatic heterocycles. The van der Waals surface area contributed by atoms with Crippen molar-refractivity contribution in [1.82, 2.24) is 9.62 Å². The molecule has 0 rings (SSSR count). The van der Waals surface area contributed by atoms with Crippen molar-refractivity contribution >= 4 is 10.0 Å². The maximum absolute atomic E-state index is 11.2. The summed E-state index contributed by atoms with van der Waals surface area (Å²) in [7, 11) is -3.01. The molecule has 0 unspecified atom stereocenters. The Labute approximate surface area is 81.4 Å². The van der Waals surface area contributed by atoms with Gasteiger partial charge in [-0.25, -0.2) is 12.7 Å². The predicted octanol–water partition coefficient (Wildman–Crippen LogP) is 0.267. The highest BCUT2D eigenvalue weighted by Crippen LogP contribution is 1.97. The maximum atomic E-state index is 11.2. The Hall–Kier alpha value is -0.130. The molecule has 13 heavy (non-hydrogen) atoms. The van der Waals surface area contributed by atoms with Gasteiger partial charge in [0.15, 0.2) is 0 Å². The first kappa shape index (κ1) is 12.9. The highest BCUT2D eigenvalue weighted by atomic mass is 32.2. The fourth-order valence-electron chi connectivity index (χ4n) is 1.07. The summed E-state index contributed by atoms with van der Waals surface area (Å²) in [6.45, 7) is 6.77. The zero-order valence-corrected chi connectivity index (χ0v) is 9.52. The normalized spacial score (nSPS) is 12.3. The quantitative estimate of drug-likeness (QED) is 0.611. The van der Waals surface area contributed by atoms with Crippen LogP contribution < -0.4 is 5.32 Å². The van der Waals surface area contributed by atoms with Crippen molar-refractivity contribution in [2.45, 2.75) is 20.3 Å². The lowest BCUT2D eigenvalue weighted by molar-refractivity contribution is 0.409. The van der Waals surface area contributed by atoms with Crippen LogP contribution in [0.5, 0.6) is 0 Å². The molecule has 0 saturated carbocycles. The zero-order valence-electron chi connectivity index (χ0n) is 8.71. The molecule has 0 aliphatic carbocycles. The van der Waals surface area contributed by atoms with Crippen molar-refractivity contribution in [1.29, 1.82) is 0 Å².